The highest BCUT2D eigenvalue weighted by molar-refractivity contribution is 8.00. The van der Waals surface area contributed by atoms with Gasteiger partial charge in [0.25, 0.3) is 0 Å². The highest BCUT2D eigenvalue weighted by atomic mass is 32.2. The molecule has 6 amide bonds. The van der Waals surface area contributed by atoms with E-state index in [1.165, 1.54) is 0 Å². The Hall–Kier alpha value is -3.50. The average molecular weight is 682 g/mol. The van der Waals surface area contributed by atoms with Crippen LogP contribution in [0.1, 0.15) is 46.5 Å². The van der Waals surface area contributed by atoms with Crippen LogP contribution in [0, 0.1) is 5.92 Å². The maximum atomic E-state index is 11.5. The third-order valence-electron chi connectivity index (χ3n) is 6.87. The van der Waals surface area contributed by atoms with Gasteiger partial charge in [-0.3, -0.25) is 33.6 Å². The second-order valence-electron chi connectivity index (χ2n) is 10.7. The Bertz CT molecular complexity index is 1020. The Morgan fingerprint density at radius 1 is 0.771 bits per heavy atom. The molecule has 0 saturated carbocycles. The number of allylic oxidation sites excluding steroid dienone is 3. The normalized spacial score (nSPS) is 22.8. The molecular formula is C30H45B3N6O8S. The van der Waals surface area contributed by atoms with E-state index in [1.807, 2.05) is 45.1 Å². The maximum absolute atomic E-state index is 11.5. The van der Waals surface area contributed by atoms with E-state index in [-0.39, 0.29) is 47.0 Å². The number of ether oxygens (including phenoxy) is 1. The molecule has 3 saturated heterocycles. The van der Waals surface area contributed by atoms with Gasteiger partial charge in [0.2, 0.25) is 41.3 Å². The second-order valence-corrected chi connectivity index (χ2v) is 12.0. The van der Waals surface area contributed by atoms with E-state index in [4.69, 9.17) is 33.1 Å². The Balaban J connectivity index is 0.000000360. The molecule has 3 fully saturated rings. The van der Waals surface area contributed by atoms with E-state index in [0.29, 0.717) is 45.4 Å². The highest BCUT2D eigenvalue weighted by Crippen LogP contribution is 2.20. The Morgan fingerprint density at radius 3 is 1.77 bits per heavy atom. The minimum absolute atomic E-state index is 0.0389. The van der Waals surface area contributed by atoms with Crippen molar-refractivity contribution in [3.63, 3.8) is 0 Å². The average Bonchev–Trinajstić information content (AvgIpc) is 3.01. The lowest BCUT2D eigenvalue weighted by Crippen LogP contribution is -2.47. The Morgan fingerprint density at radius 2 is 1.29 bits per heavy atom. The van der Waals surface area contributed by atoms with Crippen molar-refractivity contribution in [2.75, 3.05) is 32.1 Å². The van der Waals surface area contributed by atoms with Gasteiger partial charge in [0.05, 0.1) is 18.5 Å². The monoisotopic (exact) mass is 682 g/mol. The molecule has 0 aromatic heterocycles. The van der Waals surface area contributed by atoms with Crippen LogP contribution in [0.25, 0.3) is 0 Å². The summed E-state index contributed by atoms with van der Waals surface area (Å²) in [6.07, 6.45) is 12.5. The van der Waals surface area contributed by atoms with Gasteiger partial charge in [0.1, 0.15) is 6.10 Å². The predicted octanol–water partition coefficient (Wildman–Crippen LogP) is 0.412. The smallest absolute Gasteiger partial charge is 0.249 e. The number of carbonyl (C=O) groups excluding carboxylic acids is 6. The molecular weight excluding hydrogens is 637 g/mol. The first-order chi connectivity index (χ1) is 22.9. The van der Waals surface area contributed by atoms with Gasteiger partial charge in [-0.05, 0) is 40.0 Å². The van der Waals surface area contributed by atoms with Crippen LogP contribution in [-0.4, -0.2) is 120 Å². The molecule has 0 aromatic rings. The predicted molar refractivity (Wildman–Crippen MR) is 187 cm³/mol. The third kappa shape index (κ3) is 18.7. The summed E-state index contributed by atoms with van der Waals surface area (Å²) in [5.41, 5.74) is 2.33. The summed E-state index contributed by atoms with van der Waals surface area (Å²) in [5.74, 6) is -1.26. The Labute approximate surface area is 290 Å². The number of hydrogen-bond acceptors (Lipinski definition) is 9. The minimum atomic E-state index is -0.612. The number of amides is 6. The summed E-state index contributed by atoms with van der Waals surface area (Å²) in [6, 6.07) is -0.670. The van der Waals surface area contributed by atoms with Gasteiger partial charge in [-0.2, -0.15) is 0 Å². The third-order valence-corrected chi connectivity index (χ3v) is 8.12. The SMILES string of the molecule is [B]C(=O)N[C@H](/C=C/C)C[C@@H]1CCONC1=O.[B]C(=O)N[C@H](/C=C/C)C[C@@H]1OCCNC1=O.[B]C(=O)N[C@H](/C=C/C)C[C@@H]1SCCNC1=O. The van der Waals surface area contributed by atoms with Gasteiger partial charge in [0, 0.05) is 49.3 Å². The van der Waals surface area contributed by atoms with Gasteiger partial charge >= 0.3 is 0 Å². The van der Waals surface area contributed by atoms with Crippen molar-refractivity contribution in [2.45, 2.75) is 75.9 Å². The molecule has 258 valence electrons. The molecule has 3 heterocycles. The molecule has 0 spiro atoms. The van der Waals surface area contributed by atoms with Gasteiger partial charge in [0.15, 0.2) is 17.4 Å². The van der Waals surface area contributed by atoms with E-state index in [1.54, 1.807) is 23.9 Å². The molecule has 6 radical (unpaired) electrons. The zero-order chi connectivity index (χ0) is 35.9. The maximum Gasteiger partial charge on any atom is 0.249 e. The Kier molecular flexibility index (Phi) is 21.8. The van der Waals surface area contributed by atoms with Crippen LogP contribution in [0.4, 0.5) is 14.4 Å². The molecule has 18 heteroatoms. The quantitative estimate of drug-likeness (QED) is 0.125. The van der Waals surface area contributed by atoms with Crippen molar-refractivity contribution in [3.05, 3.63) is 36.5 Å². The molecule has 48 heavy (non-hydrogen) atoms. The van der Waals surface area contributed by atoms with Crippen LogP contribution in [0.2, 0.25) is 0 Å². The standard InChI is InChI=1S/2C10H15BN2O3.C10H15BN2O2S/c1-2-3-8(12-10(11)15)6-7-4-5-16-13-9(7)14;2*1-2-3-7(13-10(11)15)6-8-9(14)12-4-5-16-8/h2-3,7-8H,4-6H2,1H3,(H,12,15)(H,13,14);2*2-3,7-8H,4-6H2,1H3,(H,12,14)(H,13,15)/b3*3-2+/t3*7-,8+/m011/s1. The summed E-state index contributed by atoms with van der Waals surface area (Å²) in [5, 5.41) is 13.1. The molecule has 0 aromatic carbocycles. The summed E-state index contributed by atoms with van der Waals surface area (Å²) in [6.45, 7) is 7.79. The van der Waals surface area contributed by atoms with Crippen molar-refractivity contribution < 1.29 is 38.3 Å². The number of thioether (sulfide) groups is 1. The number of nitrogens with one attached hydrogen (secondary N) is 6. The zero-order valence-corrected chi connectivity index (χ0v) is 28.5. The fraction of sp³-hybridized carbons (Fsp3) is 0.600. The van der Waals surface area contributed by atoms with Crippen LogP contribution in [0.15, 0.2) is 36.5 Å². The van der Waals surface area contributed by atoms with Gasteiger partial charge < -0.3 is 31.3 Å². The first kappa shape index (κ1) is 42.5. The summed E-state index contributed by atoms with van der Waals surface area (Å²) in [4.78, 5) is 71.4. The van der Waals surface area contributed by atoms with Crippen molar-refractivity contribution >= 4 is 70.4 Å². The summed E-state index contributed by atoms with van der Waals surface area (Å²) in [7, 11) is 15.2. The molecule has 6 N–H and O–H groups in total. The van der Waals surface area contributed by atoms with Crippen LogP contribution < -0.4 is 32.1 Å². The molecule has 0 unspecified atom stereocenters. The first-order valence-electron chi connectivity index (χ1n) is 15.7. The fourth-order valence-corrected chi connectivity index (χ4v) is 5.89. The van der Waals surface area contributed by atoms with Crippen molar-refractivity contribution in [1.29, 1.82) is 0 Å². The number of rotatable bonds is 12. The lowest BCUT2D eigenvalue weighted by Gasteiger charge is -2.25. The molecule has 0 aliphatic carbocycles. The zero-order valence-electron chi connectivity index (χ0n) is 27.7. The van der Waals surface area contributed by atoms with Crippen molar-refractivity contribution in [2.24, 2.45) is 5.92 Å². The lowest BCUT2D eigenvalue weighted by molar-refractivity contribution is -0.145. The highest BCUT2D eigenvalue weighted by Gasteiger charge is 2.27. The van der Waals surface area contributed by atoms with E-state index < -0.39 is 23.5 Å². The molecule has 3 aliphatic rings. The van der Waals surface area contributed by atoms with Crippen LogP contribution >= 0.6 is 11.8 Å². The first-order valence-corrected chi connectivity index (χ1v) is 16.7. The number of hydroxylamine groups is 1. The largest absolute Gasteiger partial charge is 0.366 e. The molecule has 3 aliphatic heterocycles. The number of hydrogen-bond donors (Lipinski definition) is 6. The lowest BCUT2D eigenvalue weighted by atomic mass is 9.94. The van der Waals surface area contributed by atoms with Gasteiger partial charge in [-0.25, -0.2) is 5.48 Å². The second kappa shape index (κ2) is 24.6. The number of carbonyl (C=O) groups is 6. The van der Waals surface area contributed by atoms with Crippen molar-refractivity contribution in [1.82, 2.24) is 32.1 Å². The molecule has 0 bridgehead atoms. The fourth-order valence-electron chi connectivity index (χ4n) is 4.81. The summed E-state index contributed by atoms with van der Waals surface area (Å²) >= 11 is 1.61. The minimum Gasteiger partial charge on any atom is -0.366 e. The van der Waals surface area contributed by atoms with E-state index in [2.05, 4.69) is 32.1 Å². The van der Waals surface area contributed by atoms with E-state index in [0.717, 1.165) is 12.3 Å². The number of morpholine rings is 1. The van der Waals surface area contributed by atoms with Crippen LogP contribution in [-0.2, 0) is 24.0 Å². The molecule has 14 nitrogen and oxygen atoms in total. The van der Waals surface area contributed by atoms with E-state index >= 15 is 0 Å². The van der Waals surface area contributed by atoms with Crippen LogP contribution in [0.5, 0.6) is 0 Å². The summed E-state index contributed by atoms with van der Waals surface area (Å²) < 4.78 is 5.31. The van der Waals surface area contributed by atoms with Crippen molar-refractivity contribution in [3.8, 4) is 0 Å². The molecule has 3 rings (SSSR count). The van der Waals surface area contributed by atoms with E-state index in [9.17, 15) is 28.8 Å². The van der Waals surface area contributed by atoms with Gasteiger partial charge in [-0.1, -0.05) is 36.5 Å². The topological polar surface area (TPSA) is 193 Å². The van der Waals surface area contributed by atoms with Gasteiger partial charge in [-0.15, -0.1) is 11.8 Å². The van der Waals surface area contributed by atoms with Crippen LogP contribution in [0.3, 0.4) is 0 Å². The molecule has 6 atom stereocenters.